The van der Waals surface area contributed by atoms with E-state index in [1.165, 1.54) is 0 Å². The summed E-state index contributed by atoms with van der Waals surface area (Å²) in [6.45, 7) is 0. The number of nitrogens with two attached hydrogens (primary N) is 1. The van der Waals surface area contributed by atoms with Gasteiger partial charge in [0.15, 0.2) is 0 Å². The Morgan fingerprint density at radius 3 is 2.58 bits per heavy atom. The Bertz CT molecular complexity index is 284. The van der Waals surface area contributed by atoms with Crippen molar-refractivity contribution in [2.24, 2.45) is 5.73 Å². The first-order chi connectivity index (χ1) is 5.84. The lowest BCUT2D eigenvalue weighted by atomic mass is 10.1. The number of hydrogen-bond acceptors (Lipinski definition) is 2. The summed E-state index contributed by atoms with van der Waals surface area (Å²) in [6, 6.07) is 11.7. The summed E-state index contributed by atoms with van der Waals surface area (Å²) in [5.74, 6) is 2.62. The van der Waals surface area contributed by atoms with Crippen molar-refractivity contribution in [2.45, 2.75) is 12.5 Å². The largest absolute Gasteiger partial charge is 0.387 e. The second-order valence-corrected chi connectivity index (χ2v) is 2.45. The van der Waals surface area contributed by atoms with Crippen LogP contribution in [0.3, 0.4) is 0 Å². The molecule has 0 amide bonds. The zero-order chi connectivity index (χ0) is 8.81. The highest BCUT2D eigenvalue weighted by Crippen LogP contribution is 2.14. The molecule has 0 fully saturated rings. The van der Waals surface area contributed by atoms with Gasteiger partial charge in [0, 0.05) is 12.5 Å². The van der Waals surface area contributed by atoms with Crippen LogP contribution in [-0.4, -0.2) is 5.11 Å². The zero-order valence-electron chi connectivity index (χ0n) is 6.70. The standard InChI is InChI=1S/C10H11NO/c11-8-4-7-10(12)9-5-2-1-3-6-9/h1-3,5-6,10,12H,7,11H2. The smallest absolute Gasteiger partial charge is 0.0899 e. The van der Waals surface area contributed by atoms with E-state index in [0.717, 1.165) is 5.56 Å². The summed E-state index contributed by atoms with van der Waals surface area (Å²) in [5.41, 5.74) is 5.86. The quantitative estimate of drug-likeness (QED) is 0.502. The molecule has 2 nitrogen and oxygen atoms in total. The second kappa shape index (κ2) is 4.42. The van der Waals surface area contributed by atoms with Crippen molar-refractivity contribution < 1.29 is 5.11 Å². The van der Waals surface area contributed by atoms with Crippen LogP contribution in [0.5, 0.6) is 0 Å². The molecular weight excluding hydrogens is 150 g/mol. The van der Waals surface area contributed by atoms with Crippen molar-refractivity contribution in [3.05, 3.63) is 35.9 Å². The number of aliphatic hydroxyl groups excluding tert-OH is 1. The Hall–Kier alpha value is -1.46. The Morgan fingerprint density at radius 1 is 1.33 bits per heavy atom. The molecule has 12 heavy (non-hydrogen) atoms. The molecule has 0 radical (unpaired) electrons. The molecule has 1 unspecified atom stereocenters. The molecule has 0 heterocycles. The van der Waals surface area contributed by atoms with Gasteiger partial charge in [0.25, 0.3) is 0 Å². The van der Waals surface area contributed by atoms with Crippen LogP contribution in [-0.2, 0) is 0 Å². The molecular formula is C10H11NO. The number of rotatable bonds is 2. The van der Waals surface area contributed by atoms with Crippen molar-refractivity contribution in [2.75, 3.05) is 0 Å². The lowest BCUT2D eigenvalue weighted by Gasteiger charge is -2.05. The Morgan fingerprint density at radius 2 is 2.00 bits per heavy atom. The van der Waals surface area contributed by atoms with Crippen molar-refractivity contribution in [3.63, 3.8) is 0 Å². The molecule has 1 atom stereocenters. The van der Waals surface area contributed by atoms with E-state index in [1.807, 2.05) is 30.3 Å². The van der Waals surface area contributed by atoms with Crippen LogP contribution >= 0.6 is 0 Å². The fourth-order valence-corrected chi connectivity index (χ4v) is 0.949. The first-order valence-electron chi connectivity index (χ1n) is 3.76. The van der Waals surface area contributed by atoms with Crippen LogP contribution in [0, 0.1) is 12.0 Å². The second-order valence-electron chi connectivity index (χ2n) is 2.45. The van der Waals surface area contributed by atoms with Gasteiger partial charge in [-0.1, -0.05) is 36.3 Å². The van der Waals surface area contributed by atoms with E-state index in [4.69, 9.17) is 5.73 Å². The molecule has 0 saturated heterocycles. The third-order valence-corrected chi connectivity index (χ3v) is 1.58. The van der Waals surface area contributed by atoms with Crippen LogP contribution in [0.4, 0.5) is 0 Å². The van der Waals surface area contributed by atoms with E-state index < -0.39 is 6.10 Å². The summed E-state index contributed by atoms with van der Waals surface area (Å²) in [5, 5.41) is 9.49. The van der Waals surface area contributed by atoms with Crippen LogP contribution in [0.2, 0.25) is 0 Å². The summed E-state index contributed by atoms with van der Waals surface area (Å²) in [7, 11) is 0. The molecule has 2 heteroatoms. The van der Waals surface area contributed by atoms with Gasteiger partial charge in [0.05, 0.1) is 6.10 Å². The average molecular weight is 161 g/mol. The zero-order valence-corrected chi connectivity index (χ0v) is 6.70. The SMILES string of the molecule is NC#CCC(O)c1ccccc1. The molecule has 3 N–H and O–H groups in total. The van der Waals surface area contributed by atoms with Crippen molar-refractivity contribution in [1.82, 2.24) is 0 Å². The minimum Gasteiger partial charge on any atom is -0.387 e. The highest BCUT2D eigenvalue weighted by molar-refractivity contribution is 5.18. The summed E-state index contributed by atoms with van der Waals surface area (Å²) in [6.07, 6.45) is -0.136. The van der Waals surface area contributed by atoms with Gasteiger partial charge in [-0.3, -0.25) is 0 Å². The van der Waals surface area contributed by atoms with E-state index in [1.54, 1.807) is 0 Å². The van der Waals surface area contributed by atoms with Gasteiger partial charge in [-0.2, -0.15) is 0 Å². The molecule has 0 spiro atoms. The molecule has 62 valence electrons. The third-order valence-electron chi connectivity index (χ3n) is 1.58. The molecule has 0 aliphatic rings. The van der Waals surface area contributed by atoms with Crippen LogP contribution < -0.4 is 5.73 Å². The molecule has 0 saturated carbocycles. The van der Waals surface area contributed by atoms with E-state index in [9.17, 15) is 5.11 Å². The number of benzene rings is 1. The normalized spacial score (nSPS) is 11.4. The van der Waals surface area contributed by atoms with E-state index in [2.05, 4.69) is 12.0 Å². The third kappa shape index (κ3) is 2.30. The first kappa shape index (κ1) is 8.63. The minimum atomic E-state index is -0.526. The molecule has 0 aromatic heterocycles. The highest BCUT2D eigenvalue weighted by Gasteiger charge is 2.03. The van der Waals surface area contributed by atoms with E-state index >= 15 is 0 Å². The fraction of sp³-hybridized carbons (Fsp3) is 0.200. The molecule has 0 aliphatic heterocycles. The van der Waals surface area contributed by atoms with Gasteiger partial charge in [0.2, 0.25) is 0 Å². The number of hydrogen-bond donors (Lipinski definition) is 2. The van der Waals surface area contributed by atoms with Gasteiger partial charge in [-0.25, -0.2) is 0 Å². The van der Waals surface area contributed by atoms with Crippen molar-refractivity contribution >= 4 is 0 Å². The van der Waals surface area contributed by atoms with E-state index in [-0.39, 0.29) is 0 Å². The Labute approximate surface area is 72.0 Å². The Balaban J connectivity index is 2.63. The Kier molecular flexibility index (Phi) is 3.18. The lowest BCUT2D eigenvalue weighted by molar-refractivity contribution is 0.184. The monoisotopic (exact) mass is 161 g/mol. The molecule has 1 aromatic carbocycles. The first-order valence-corrected chi connectivity index (χ1v) is 3.76. The van der Waals surface area contributed by atoms with Crippen molar-refractivity contribution in [3.8, 4) is 12.0 Å². The van der Waals surface area contributed by atoms with Gasteiger partial charge in [-0.05, 0) is 5.56 Å². The maximum Gasteiger partial charge on any atom is 0.0899 e. The number of aliphatic hydroxyl groups is 1. The highest BCUT2D eigenvalue weighted by atomic mass is 16.3. The van der Waals surface area contributed by atoms with Gasteiger partial charge >= 0.3 is 0 Å². The maximum atomic E-state index is 9.49. The molecule has 1 aromatic rings. The van der Waals surface area contributed by atoms with Gasteiger partial charge in [-0.15, -0.1) is 0 Å². The minimum absolute atomic E-state index is 0.389. The van der Waals surface area contributed by atoms with Crippen LogP contribution in [0.1, 0.15) is 18.1 Å². The van der Waals surface area contributed by atoms with E-state index in [0.29, 0.717) is 6.42 Å². The predicted octanol–water partition coefficient (Wildman–Crippen LogP) is 1.03. The van der Waals surface area contributed by atoms with Gasteiger partial charge in [0.1, 0.15) is 0 Å². The van der Waals surface area contributed by atoms with Crippen LogP contribution in [0.25, 0.3) is 0 Å². The topological polar surface area (TPSA) is 46.2 Å². The molecule has 1 rings (SSSR count). The summed E-state index contributed by atoms with van der Waals surface area (Å²) < 4.78 is 0. The predicted molar refractivity (Wildman–Crippen MR) is 48.0 cm³/mol. The lowest BCUT2D eigenvalue weighted by Crippen LogP contribution is -1.95. The fourth-order valence-electron chi connectivity index (χ4n) is 0.949. The van der Waals surface area contributed by atoms with Crippen molar-refractivity contribution in [1.29, 1.82) is 0 Å². The molecule has 0 aliphatic carbocycles. The maximum absolute atomic E-state index is 9.49. The average Bonchev–Trinajstić information content (AvgIpc) is 2.15. The van der Waals surface area contributed by atoms with Crippen LogP contribution in [0.15, 0.2) is 30.3 Å². The summed E-state index contributed by atoms with van der Waals surface area (Å²) in [4.78, 5) is 0. The summed E-state index contributed by atoms with van der Waals surface area (Å²) >= 11 is 0. The molecule has 0 bridgehead atoms. The van der Waals surface area contributed by atoms with Gasteiger partial charge < -0.3 is 10.8 Å².